The third kappa shape index (κ3) is 3.87. The van der Waals surface area contributed by atoms with Crippen LogP contribution in [-0.4, -0.2) is 15.0 Å². The zero-order chi connectivity index (χ0) is 18.9. The maximum absolute atomic E-state index is 13.0. The second-order valence-corrected chi connectivity index (χ2v) is 5.56. The molecule has 0 unspecified atom stereocenters. The first-order valence-corrected chi connectivity index (χ1v) is 7.37. The lowest BCUT2D eigenvalue weighted by Gasteiger charge is -2.15. The molecule has 0 amide bonds. The lowest BCUT2D eigenvalue weighted by atomic mass is 10.0. The SMILES string of the molecule is FC(F)(F)c1cc(Cn2nncc2-c2ccccc2)cc(C(F)(F)F)c1. The van der Waals surface area contributed by atoms with E-state index >= 15 is 0 Å². The first-order valence-electron chi connectivity index (χ1n) is 7.37. The van der Waals surface area contributed by atoms with Gasteiger partial charge in [0.25, 0.3) is 0 Å². The molecule has 0 fully saturated rings. The van der Waals surface area contributed by atoms with Crippen LogP contribution in [-0.2, 0) is 18.9 Å². The molecule has 0 atom stereocenters. The van der Waals surface area contributed by atoms with Crippen molar-refractivity contribution < 1.29 is 26.3 Å². The Labute approximate surface area is 143 Å². The van der Waals surface area contributed by atoms with Gasteiger partial charge in [-0.2, -0.15) is 26.3 Å². The Kier molecular flexibility index (Phi) is 4.47. The van der Waals surface area contributed by atoms with Crippen LogP contribution in [0.2, 0.25) is 0 Å². The van der Waals surface area contributed by atoms with Crippen LogP contribution in [0.3, 0.4) is 0 Å². The molecule has 136 valence electrons. The predicted molar refractivity (Wildman–Crippen MR) is 81.0 cm³/mol. The molecule has 0 N–H and O–H groups in total. The van der Waals surface area contributed by atoms with Crippen LogP contribution in [0.25, 0.3) is 11.3 Å². The summed E-state index contributed by atoms with van der Waals surface area (Å²) in [5.74, 6) is 0. The van der Waals surface area contributed by atoms with E-state index in [-0.39, 0.29) is 18.2 Å². The molecule has 0 spiro atoms. The summed E-state index contributed by atoms with van der Waals surface area (Å²) in [4.78, 5) is 0. The van der Waals surface area contributed by atoms with Gasteiger partial charge in [-0.05, 0) is 23.8 Å². The fourth-order valence-corrected chi connectivity index (χ4v) is 2.49. The average Bonchev–Trinajstić information content (AvgIpc) is 3.02. The van der Waals surface area contributed by atoms with E-state index in [1.807, 2.05) is 0 Å². The van der Waals surface area contributed by atoms with Crippen molar-refractivity contribution >= 4 is 0 Å². The number of hydrogen-bond donors (Lipinski definition) is 0. The molecular formula is C17H11F6N3. The van der Waals surface area contributed by atoms with Gasteiger partial charge in [0.2, 0.25) is 0 Å². The lowest BCUT2D eigenvalue weighted by molar-refractivity contribution is -0.143. The minimum Gasteiger partial charge on any atom is -0.240 e. The van der Waals surface area contributed by atoms with E-state index in [0.717, 1.165) is 0 Å². The van der Waals surface area contributed by atoms with Gasteiger partial charge in [-0.15, -0.1) is 5.10 Å². The third-order valence-corrected chi connectivity index (χ3v) is 3.67. The summed E-state index contributed by atoms with van der Waals surface area (Å²) in [5, 5.41) is 7.48. The van der Waals surface area contributed by atoms with Crippen molar-refractivity contribution in [2.75, 3.05) is 0 Å². The van der Waals surface area contributed by atoms with Gasteiger partial charge in [-0.3, -0.25) is 0 Å². The molecule has 0 radical (unpaired) electrons. The topological polar surface area (TPSA) is 30.7 Å². The number of aromatic nitrogens is 3. The fourth-order valence-electron chi connectivity index (χ4n) is 2.49. The molecule has 9 heteroatoms. The maximum atomic E-state index is 13.0. The second-order valence-electron chi connectivity index (χ2n) is 5.56. The van der Waals surface area contributed by atoms with Gasteiger partial charge in [0.05, 0.1) is 29.6 Å². The number of nitrogens with zero attached hydrogens (tertiary/aromatic N) is 3. The summed E-state index contributed by atoms with van der Waals surface area (Å²) >= 11 is 0. The van der Waals surface area contributed by atoms with Crippen molar-refractivity contribution in [3.8, 4) is 11.3 Å². The molecule has 0 bridgehead atoms. The third-order valence-electron chi connectivity index (χ3n) is 3.67. The van der Waals surface area contributed by atoms with Crippen LogP contribution in [0.1, 0.15) is 16.7 Å². The maximum Gasteiger partial charge on any atom is 0.416 e. The Morgan fingerprint density at radius 2 is 1.38 bits per heavy atom. The van der Waals surface area contributed by atoms with Crippen LogP contribution in [0, 0.1) is 0 Å². The molecule has 1 aromatic heterocycles. The number of alkyl halides is 6. The van der Waals surface area contributed by atoms with Crippen molar-refractivity contribution in [2.45, 2.75) is 18.9 Å². The first-order chi connectivity index (χ1) is 12.1. The first kappa shape index (κ1) is 18.0. The van der Waals surface area contributed by atoms with Crippen molar-refractivity contribution in [3.05, 3.63) is 71.4 Å². The Balaban J connectivity index is 2.02. The van der Waals surface area contributed by atoms with Crippen LogP contribution < -0.4 is 0 Å². The normalized spacial score (nSPS) is 12.4. The smallest absolute Gasteiger partial charge is 0.240 e. The number of hydrogen-bond acceptors (Lipinski definition) is 2. The van der Waals surface area contributed by atoms with E-state index in [1.165, 1.54) is 10.9 Å². The van der Waals surface area contributed by atoms with Gasteiger partial charge < -0.3 is 0 Å². The predicted octanol–water partition coefficient (Wildman–Crippen LogP) is 5.03. The van der Waals surface area contributed by atoms with E-state index < -0.39 is 23.5 Å². The summed E-state index contributed by atoms with van der Waals surface area (Å²) in [6.07, 6.45) is -8.38. The number of rotatable bonds is 3. The van der Waals surface area contributed by atoms with Crippen molar-refractivity contribution in [1.82, 2.24) is 15.0 Å². The molecule has 0 aliphatic heterocycles. The standard InChI is InChI=1S/C17H11F6N3/c18-16(19,20)13-6-11(7-14(8-13)17(21,22)23)10-26-15(9-24-25-26)12-4-2-1-3-5-12/h1-9H,10H2. The van der Waals surface area contributed by atoms with Crippen LogP contribution in [0.15, 0.2) is 54.7 Å². The van der Waals surface area contributed by atoms with Crippen LogP contribution in [0.5, 0.6) is 0 Å². The average molecular weight is 371 g/mol. The molecule has 0 saturated carbocycles. The van der Waals surface area contributed by atoms with E-state index in [1.54, 1.807) is 30.3 Å². The quantitative estimate of drug-likeness (QED) is 0.605. The lowest BCUT2D eigenvalue weighted by Crippen LogP contribution is -2.13. The molecule has 3 rings (SSSR count). The molecular weight excluding hydrogens is 360 g/mol. The van der Waals surface area contributed by atoms with Gasteiger partial charge in [-0.1, -0.05) is 35.5 Å². The van der Waals surface area contributed by atoms with Gasteiger partial charge in [0.15, 0.2) is 0 Å². The Hall–Kier alpha value is -2.84. The largest absolute Gasteiger partial charge is 0.416 e. The molecule has 3 nitrogen and oxygen atoms in total. The van der Waals surface area contributed by atoms with Gasteiger partial charge in [0.1, 0.15) is 0 Å². The molecule has 2 aromatic carbocycles. The summed E-state index contributed by atoms with van der Waals surface area (Å²) in [6, 6.07) is 10.2. The monoisotopic (exact) mass is 371 g/mol. The van der Waals surface area contributed by atoms with Crippen molar-refractivity contribution in [2.24, 2.45) is 0 Å². The van der Waals surface area contributed by atoms with Crippen molar-refractivity contribution in [1.29, 1.82) is 0 Å². The van der Waals surface area contributed by atoms with Gasteiger partial charge >= 0.3 is 12.4 Å². The molecule has 0 saturated heterocycles. The van der Waals surface area contributed by atoms with Crippen LogP contribution in [0.4, 0.5) is 26.3 Å². The molecule has 3 aromatic rings. The minimum absolute atomic E-state index is 0.100. The highest BCUT2D eigenvalue weighted by molar-refractivity contribution is 5.58. The summed E-state index contributed by atoms with van der Waals surface area (Å²) in [7, 11) is 0. The highest BCUT2D eigenvalue weighted by atomic mass is 19.4. The summed E-state index contributed by atoms with van der Waals surface area (Å²) < 4.78 is 79.0. The Morgan fingerprint density at radius 3 is 1.92 bits per heavy atom. The van der Waals surface area contributed by atoms with E-state index in [4.69, 9.17) is 0 Å². The second kappa shape index (κ2) is 6.47. The van der Waals surface area contributed by atoms with Crippen LogP contribution >= 0.6 is 0 Å². The minimum atomic E-state index is -4.89. The van der Waals surface area contributed by atoms with Gasteiger partial charge in [-0.25, -0.2) is 4.68 Å². The fraction of sp³-hybridized carbons (Fsp3) is 0.176. The van der Waals surface area contributed by atoms with E-state index in [9.17, 15) is 26.3 Å². The number of halogens is 6. The number of benzene rings is 2. The molecule has 0 aliphatic carbocycles. The summed E-state index contributed by atoms with van der Waals surface area (Å²) in [6.45, 7) is -0.281. The zero-order valence-corrected chi connectivity index (χ0v) is 13.0. The van der Waals surface area contributed by atoms with Gasteiger partial charge in [0, 0.05) is 5.56 Å². The zero-order valence-electron chi connectivity index (χ0n) is 13.0. The van der Waals surface area contributed by atoms with E-state index in [0.29, 0.717) is 23.4 Å². The highest BCUT2D eigenvalue weighted by Gasteiger charge is 2.36. The molecule has 0 aliphatic rings. The Bertz CT molecular complexity index is 865. The van der Waals surface area contributed by atoms with E-state index in [2.05, 4.69) is 10.3 Å². The molecule has 1 heterocycles. The highest BCUT2D eigenvalue weighted by Crippen LogP contribution is 2.36. The van der Waals surface area contributed by atoms with Crippen molar-refractivity contribution in [3.63, 3.8) is 0 Å². The Morgan fingerprint density at radius 1 is 0.808 bits per heavy atom. The summed E-state index contributed by atoms with van der Waals surface area (Å²) in [5.41, 5.74) is -1.71. The molecule has 26 heavy (non-hydrogen) atoms.